The Morgan fingerprint density at radius 3 is 2.40 bits per heavy atom. The monoisotopic (exact) mass is 410 g/mol. The fourth-order valence-electron chi connectivity index (χ4n) is 2.58. The van der Waals surface area contributed by atoms with Gasteiger partial charge >= 0.3 is 5.97 Å². The Kier molecular flexibility index (Phi) is 6.53. The number of nitrogens with zero attached hydrogens (tertiary/aromatic N) is 2. The normalized spacial score (nSPS) is 10.3. The summed E-state index contributed by atoms with van der Waals surface area (Å²) in [6, 6.07) is 14.6. The van der Waals surface area contributed by atoms with E-state index < -0.39 is 24.3 Å². The number of likely N-dealkylation sites (N-methyl/N-ethyl adjacent to an activating group) is 1. The molecule has 2 amide bonds. The van der Waals surface area contributed by atoms with Crippen molar-refractivity contribution >= 4 is 17.8 Å². The molecule has 1 heterocycles. The highest BCUT2D eigenvalue weighted by Gasteiger charge is 2.21. The molecule has 30 heavy (non-hydrogen) atoms. The molecular formula is C21H19FN4O4. The number of hydrogen-bond donors (Lipinski definition) is 2. The summed E-state index contributed by atoms with van der Waals surface area (Å²) in [5, 5.41) is 9.13. The number of nitrogens with one attached hydrogen (secondary N) is 2. The van der Waals surface area contributed by atoms with E-state index in [4.69, 9.17) is 4.74 Å². The van der Waals surface area contributed by atoms with Gasteiger partial charge in [-0.05, 0) is 36.4 Å². The quantitative estimate of drug-likeness (QED) is 0.577. The molecule has 0 spiro atoms. The molecule has 0 aliphatic carbocycles. The third kappa shape index (κ3) is 5.07. The van der Waals surface area contributed by atoms with Gasteiger partial charge in [-0.15, -0.1) is 0 Å². The number of benzene rings is 2. The second-order valence-electron chi connectivity index (χ2n) is 6.20. The van der Waals surface area contributed by atoms with Crippen LogP contribution in [0.3, 0.4) is 0 Å². The molecular weight excluding hydrogens is 391 g/mol. The third-order valence-corrected chi connectivity index (χ3v) is 4.13. The number of rotatable bonds is 7. The number of carbonyl (C=O) groups excluding carboxylic acids is 3. The van der Waals surface area contributed by atoms with E-state index in [9.17, 15) is 18.8 Å². The van der Waals surface area contributed by atoms with Gasteiger partial charge in [0.15, 0.2) is 6.61 Å². The molecule has 0 unspecified atom stereocenters. The number of aromatic nitrogens is 2. The second kappa shape index (κ2) is 9.46. The molecule has 0 saturated heterocycles. The van der Waals surface area contributed by atoms with E-state index in [0.717, 1.165) is 0 Å². The van der Waals surface area contributed by atoms with Crippen LogP contribution >= 0.6 is 0 Å². The van der Waals surface area contributed by atoms with E-state index in [1.165, 1.54) is 42.2 Å². The van der Waals surface area contributed by atoms with Crippen LogP contribution in [0.2, 0.25) is 0 Å². The van der Waals surface area contributed by atoms with Crippen LogP contribution in [0.1, 0.15) is 10.4 Å². The molecule has 3 aromatic rings. The first-order valence-electron chi connectivity index (χ1n) is 9.03. The van der Waals surface area contributed by atoms with Gasteiger partial charge in [-0.25, -0.2) is 13.9 Å². The molecule has 0 fully saturated rings. The largest absolute Gasteiger partial charge is 0.452 e. The van der Waals surface area contributed by atoms with E-state index in [1.54, 1.807) is 0 Å². The molecule has 0 aliphatic heterocycles. The zero-order valence-electron chi connectivity index (χ0n) is 16.1. The third-order valence-electron chi connectivity index (χ3n) is 4.13. The number of halogens is 1. The first-order valence-corrected chi connectivity index (χ1v) is 9.03. The Morgan fingerprint density at radius 1 is 1.03 bits per heavy atom. The van der Waals surface area contributed by atoms with Gasteiger partial charge in [-0.1, -0.05) is 18.2 Å². The van der Waals surface area contributed by atoms with Gasteiger partial charge in [0.05, 0.1) is 12.2 Å². The maximum atomic E-state index is 13.3. The first-order chi connectivity index (χ1) is 14.5. The molecule has 9 heteroatoms. The van der Waals surface area contributed by atoms with Crippen molar-refractivity contribution in [1.29, 1.82) is 0 Å². The van der Waals surface area contributed by atoms with Gasteiger partial charge in [0.25, 0.3) is 5.91 Å². The van der Waals surface area contributed by atoms with Crippen LogP contribution < -0.4 is 10.6 Å². The lowest BCUT2D eigenvalue weighted by molar-refractivity contribution is -0.127. The van der Waals surface area contributed by atoms with Gasteiger partial charge in [0.1, 0.15) is 17.1 Å². The standard InChI is InChI=1S/C21H19FN4O4/c1-23-18(27)11-24-19(28)13-30-21(29)17-12-26(16-5-3-2-4-6-16)25-20(17)14-7-9-15(22)10-8-14/h2-10,12H,11,13H2,1H3,(H,23,27)(H,24,28). The Balaban J connectivity index is 1.82. The lowest BCUT2D eigenvalue weighted by Gasteiger charge is -2.06. The minimum Gasteiger partial charge on any atom is -0.452 e. The Morgan fingerprint density at radius 2 is 1.73 bits per heavy atom. The highest BCUT2D eigenvalue weighted by atomic mass is 19.1. The van der Waals surface area contributed by atoms with Crippen molar-refractivity contribution in [3.63, 3.8) is 0 Å². The van der Waals surface area contributed by atoms with Crippen LogP contribution in [0.25, 0.3) is 16.9 Å². The number of ether oxygens (including phenoxy) is 1. The minimum absolute atomic E-state index is 0.115. The smallest absolute Gasteiger partial charge is 0.342 e. The van der Waals surface area contributed by atoms with Crippen LogP contribution in [0.5, 0.6) is 0 Å². The van der Waals surface area contributed by atoms with Crippen LogP contribution in [0, 0.1) is 5.82 Å². The average Bonchev–Trinajstić information content (AvgIpc) is 3.22. The number of amides is 2. The summed E-state index contributed by atoms with van der Waals surface area (Å²) in [5.41, 5.74) is 1.63. The van der Waals surface area contributed by atoms with Crippen molar-refractivity contribution in [1.82, 2.24) is 20.4 Å². The van der Waals surface area contributed by atoms with E-state index in [2.05, 4.69) is 15.7 Å². The van der Waals surface area contributed by atoms with E-state index in [0.29, 0.717) is 11.3 Å². The minimum atomic E-state index is -0.772. The van der Waals surface area contributed by atoms with E-state index in [-0.39, 0.29) is 23.7 Å². The summed E-state index contributed by atoms with van der Waals surface area (Å²) in [6.07, 6.45) is 1.48. The highest BCUT2D eigenvalue weighted by Crippen LogP contribution is 2.24. The lowest BCUT2D eigenvalue weighted by Crippen LogP contribution is -2.37. The van der Waals surface area contributed by atoms with Crippen LogP contribution in [-0.4, -0.2) is 47.8 Å². The fraction of sp³-hybridized carbons (Fsp3) is 0.143. The molecule has 8 nitrogen and oxygen atoms in total. The first kappa shape index (κ1) is 20.7. The zero-order chi connectivity index (χ0) is 21.5. The second-order valence-corrected chi connectivity index (χ2v) is 6.20. The maximum absolute atomic E-state index is 13.3. The summed E-state index contributed by atoms with van der Waals surface area (Å²) in [5.74, 6) is -2.19. The van der Waals surface area contributed by atoms with Crippen molar-refractivity contribution in [3.05, 3.63) is 72.2 Å². The molecule has 0 saturated carbocycles. The summed E-state index contributed by atoms with van der Waals surface area (Å²) in [6.45, 7) is -0.783. The van der Waals surface area contributed by atoms with Crippen LogP contribution in [-0.2, 0) is 14.3 Å². The Labute approximate surface area is 171 Å². The van der Waals surface area contributed by atoms with Gasteiger partial charge < -0.3 is 15.4 Å². The van der Waals surface area contributed by atoms with Gasteiger partial charge in [0.2, 0.25) is 5.91 Å². The average molecular weight is 410 g/mol. The summed E-state index contributed by atoms with van der Waals surface area (Å²) >= 11 is 0. The lowest BCUT2D eigenvalue weighted by atomic mass is 10.1. The van der Waals surface area contributed by atoms with Gasteiger partial charge in [-0.2, -0.15) is 5.10 Å². The number of hydrogen-bond acceptors (Lipinski definition) is 5. The topological polar surface area (TPSA) is 102 Å². The fourth-order valence-corrected chi connectivity index (χ4v) is 2.58. The Bertz CT molecular complexity index is 1050. The predicted octanol–water partition coefficient (Wildman–Crippen LogP) is 1.70. The highest BCUT2D eigenvalue weighted by molar-refractivity contribution is 5.97. The van der Waals surface area contributed by atoms with Crippen LogP contribution in [0.15, 0.2) is 60.8 Å². The number of esters is 1. The SMILES string of the molecule is CNC(=O)CNC(=O)COC(=O)c1cn(-c2ccccc2)nc1-c1ccc(F)cc1. The summed E-state index contributed by atoms with van der Waals surface area (Å²) in [7, 11) is 1.44. The molecule has 0 bridgehead atoms. The molecule has 154 valence electrons. The Hall–Kier alpha value is -4.01. The summed E-state index contributed by atoms with van der Waals surface area (Å²) < 4.78 is 19.9. The van der Waals surface area contributed by atoms with E-state index in [1.807, 2.05) is 30.3 Å². The van der Waals surface area contributed by atoms with Crippen molar-refractivity contribution in [2.24, 2.45) is 0 Å². The molecule has 1 aromatic heterocycles. The van der Waals surface area contributed by atoms with Crippen molar-refractivity contribution in [3.8, 4) is 16.9 Å². The molecule has 0 atom stereocenters. The summed E-state index contributed by atoms with van der Waals surface area (Å²) in [4.78, 5) is 35.6. The van der Waals surface area contributed by atoms with Gasteiger partial charge in [-0.3, -0.25) is 9.59 Å². The van der Waals surface area contributed by atoms with Crippen LogP contribution in [0.4, 0.5) is 4.39 Å². The van der Waals surface area contributed by atoms with Crippen molar-refractivity contribution in [2.75, 3.05) is 20.2 Å². The van der Waals surface area contributed by atoms with E-state index >= 15 is 0 Å². The van der Waals surface area contributed by atoms with Gasteiger partial charge in [0, 0.05) is 18.8 Å². The maximum Gasteiger partial charge on any atom is 0.342 e. The molecule has 3 rings (SSSR count). The molecule has 0 radical (unpaired) electrons. The zero-order valence-corrected chi connectivity index (χ0v) is 16.1. The van der Waals surface area contributed by atoms with Crippen molar-refractivity contribution in [2.45, 2.75) is 0 Å². The number of carbonyl (C=O) groups is 3. The van der Waals surface area contributed by atoms with Crippen molar-refractivity contribution < 1.29 is 23.5 Å². The number of para-hydroxylation sites is 1. The molecule has 2 N–H and O–H groups in total. The molecule has 2 aromatic carbocycles. The predicted molar refractivity (Wildman–Crippen MR) is 106 cm³/mol. The molecule has 0 aliphatic rings.